The molecule has 0 unspecified atom stereocenters. The summed E-state index contributed by atoms with van der Waals surface area (Å²) in [7, 11) is -6.03. The molecule has 2 aromatic rings. The first kappa shape index (κ1) is 23.2. The van der Waals surface area contributed by atoms with Crippen LogP contribution in [0.3, 0.4) is 0 Å². The van der Waals surface area contributed by atoms with Gasteiger partial charge in [-0.3, -0.25) is 4.79 Å². The van der Waals surface area contributed by atoms with Crippen LogP contribution in [0.25, 0.3) is 0 Å². The molecular weight excluding hydrogens is 442 g/mol. The maximum absolute atomic E-state index is 12.8. The lowest BCUT2D eigenvalue weighted by molar-refractivity contribution is -0.133. The second-order valence-electron chi connectivity index (χ2n) is 7.06. The van der Waals surface area contributed by atoms with Crippen molar-refractivity contribution in [2.45, 2.75) is 22.8 Å². The van der Waals surface area contributed by atoms with E-state index in [-0.39, 0.29) is 36.0 Å². The van der Waals surface area contributed by atoms with Gasteiger partial charge in [0.1, 0.15) is 5.75 Å². The first-order valence-corrected chi connectivity index (χ1v) is 12.6. The Labute approximate surface area is 182 Å². The van der Waals surface area contributed by atoms with E-state index in [1.54, 1.807) is 30.3 Å². The fraction of sp³-hybridized carbons (Fsp3) is 0.350. The second kappa shape index (κ2) is 9.35. The summed E-state index contributed by atoms with van der Waals surface area (Å²) in [5.41, 5.74) is 0. The number of piperazine rings is 1. The number of rotatable bonds is 7. The van der Waals surface area contributed by atoms with Crippen molar-refractivity contribution in [2.75, 3.05) is 33.3 Å². The highest BCUT2D eigenvalue weighted by Gasteiger charge is 2.32. The predicted molar refractivity (Wildman–Crippen MR) is 115 cm³/mol. The van der Waals surface area contributed by atoms with Crippen LogP contribution >= 0.6 is 0 Å². The van der Waals surface area contributed by atoms with Crippen molar-refractivity contribution in [3.05, 3.63) is 54.6 Å². The molecule has 2 aromatic carbocycles. The number of ether oxygens (including phenoxy) is 1. The van der Waals surface area contributed by atoms with E-state index in [9.17, 15) is 21.6 Å². The van der Waals surface area contributed by atoms with Crippen LogP contribution in [0, 0.1) is 0 Å². The van der Waals surface area contributed by atoms with Crippen molar-refractivity contribution in [1.29, 1.82) is 0 Å². The number of carbonyl (C=O) groups is 1. The minimum atomic E-state index is -3.83. The van der Waals surface area contributed by atoms with Crippen LogP contribution in [0.5, 0.6) is 5.75 Å². The molecular formula is C20H25N3O6S2. The Balaban J connectivity index is 1.61. The fourth-order valence-corrected chi connectivity index (χ4v) is 5.91. The van der Waals surface area contributed by atoms with E-state index in [1.165, 1.54) is 47.5 Å². The molecule has 31 heavy (non-hydrogen) atoms. The molecule has 1 heterocycles. The van der Waals surface area contributed by atoms with Crippen molar-refractivity contribution >= 4 is 26.0 Å². The van der Waals surface area contributed by atoms with Gasteiger partial charge in [-0.1, -0.05) is 18.2 Å². The molecule has 9 nitrogen and oxygen atoms in total. The summed E-state index contributed by atoms with van der Waals surface area (Å²) in [6.07, 6.45) is 0. The number of methoxy groups -OCH3 is 1. The molecule has 0 radical (unpaired) electrons. The summed E-state index contributed by atoms with van der Waals surface area (Å²) >= 11 is 0. The van der Waals surface area contributed by atoms with Crippen molar-refractivity contribution in [3.63, 3.8) is 0 Å². The zero-order valence-corrected chi connectivity index (χ0v) is 18.9. The molecule has 11 heteroatoms. The topological polar surface area (TPSA) is 113 Å². The van der Waals surface area contributed by atoms with Crippen LogP contribution in [0.1, 0.15) is 6.92 Å². The molecule has 0 bridgehead atoms. The van der Waals surface area contributed by atoms with Crippen molar-refractivity contribution < 1.29 is 26.4 Å². The van der Waals surface area contributed by atoms with Gasteiger partial charge in [-0.05, 0) is 43.3 Å². The average Bonchev–Trinajstić information content (AvgIpc) is 2.79. The van der Waals surface area contributed by atoms with Gasteiger partial charge in [0.15, 0.2) is 0 Å². The molecule has 168 valence electrons. The first-order valence-electron chi connectivity index (χ1n) is 9.65. The minimum Gasteiger partial charge on any atom is -0.497 e. The number of carbonyl (C=O) groups excluding carboxylic acids is 1. The van der Waals surface area contributed by atoms with Gasteiger partial charge in [-0.25, -0.2) is 16.8 Å². The molecule has 0 aromatic heterocycles. The van der Waals surface area contributed by atoms with Crippen LogP contribution in [-0.2, 0) is 24.8 Å². The monoisotopic (exact) mass is 467 g/mol. The molecule has 0 aliphatic carbocycles. The number of hydrogen-bond acceptors (Lipinski definition) is 6. The zero-order chi connectivity index (χ0) is 22.6. The van der Waals surface area contributed by atoms with Crippen LogP contribution in [0.2, 0.25) is 0 Å². The van der Waals surface area contributed by atoms with Crippen LogP contribution in [0.4, 0.5) is 0 Å². The van der Waals surface area contributed by atoms with Crippen molar-refractivity contribution in [1.82, 2.24) is 13.9 Å². The molecule has 1 fully saturated rings. The summed E-state index contributed by atoms with van der Waals surface area (Å²) in [4.78, 5) is 14.4. The third-order valence-corrected chi connectivity index (χ3v) is 8.47. The van der Waals surface area contributed by atoms with E-state index in [0.717, 1.165) is 0 Å². The van der Waals surface area contributed by atoms with Gasteiger partial charge in [0.05, 0.1) is 22.9 Å². The molecule has 3 rings (SSSR count). The van der Waals surface area contributed by atoms with Crippen LogP contribution < -0.4 is 9.46 Å². The largest absolute Gasteiger partial charge is 0.497 e. The van der Waals surface area contributed by atoms with Gasteiger partial charge in [0.2, 0.25) is 26.0 Å². The van der Waals surface area contributed by atoms with Crippen molar-refractivity contribution in [2.24, 2.45) is 0 Å². The quantitative estimate of drug-likeness (QED) is 0.647. The Kier molecular flexibility index (Phi) is 6.99. The highest BCUT2D eigenvalue weighted by Crippen LogP contribution is 2.21. The Bertz CT molecular complexity index is 1110. The van der Waals surface area contributed by atoms with E-state index in [0.29, 0.717) is 5.75 Å². The highest BCUT2D eigenvalue weighted by atomic mass is 32.2. The predicted octanol–water partition coefficient (Wildman–Crippen LogP) is 0.895. The Morgan fingerprint density at radius 1 is 0.903 bits per heavy atom. The van der Waals surface area contributed by atoms with E-state index < -0.39 is 32.0 Å². The number of sulfonamides is 2. The number of nitrogens with zero attached hydrogens (tertiary/aromatic N) is 2. The summed E-state index contributed by atoms with van der Waals surface area (Å²) in [6.45, 7) is 2.07. The molecule has 1 atom stereocenters. The lowest BCUT2D eigenvalue weighted by Gasteiger charge is -2.35. The van der Waals surface area contributed by atoms with Gasteiger partial charge in [0, 0.05) is 26.2 Å². The maximum atomic E-state index is 12.8. The maximum Gasteiger partial charge on any atom is 0.243 e. The fourth-order valence-electron chi connectivity index (χ4n) is 3.27. The molecule has 0 saturated carbocycles. The smallest absolute Gasteiger partial charge is 0.243 e. The first-order chi connectivity index (χ1) is 14.6. The number of amides is 1. The van der Waals surface area contributed by atoms with Crippen LogP contribution in [-0.4, -0.2) is 71.3 Å². The molecule has 0 spiro atoms. The van der Waals surface area contributed by atoms with Gasteiger partial charge >= 0.3 is 0 Å². The zero-order valence-electron chi connectivity index (χ0n) is 17.3. The minimum absolute atomic E-state index is 0.0741. The third kappa shape index (κ3) is 5.24. The lowest BCUT2D eigenvalue weighted by atomic mass is 10.2. The standard InChI is InChI=1S/C20H25N3O6S2/c1-16(21-30(25,26)18-6-4-3-5-7-18)20(24)22-12-14-23(15-13-22)31(27,28)19-10-8-17(29-2)9-11-19/h3-11,16,21H,12-15H2,1-2H3/t16-/m0/s1. The number of hydrogen-bond donors (Lipinski definition) is 1. The lowest BCUT2D eigenvalue weighted by Crippen LogP contribution is -2.55. The molecule has 1 amide bonds. The van der Waals surface area contributed by atoms with E-state index in [4.69, 9.17) is 4.74 Å². The van der Waals surface area contributed by atoms with E-state index >= 15 is 0 Å². The Hall–Kier alpha value is -2.47. The molecule has 1 aliphatic rings. The van der Waals surface area contributed by atoms with Crippen LogP contribution in [0.15, 0.2) is 64.4 Å². The molecule has 1 aliphatic heterocycles. The third-order valence-electron chi connectivity index (χ3n) is 5.00. The highest BCUT2D eigenvalue weighted by molar-refractivity contribution is 7.89. The summed E-state index contributed by atoms with van der Waals surface area (Å²) in [6, 6.07) is 12.9. The van der Waals surface area contributed by atoms with E-state index in [1.807, 2.05) is 0 Å². The second-order valence-corrected chi connectivity index (χ2v) is 10.7. The summed E-state index contributed by atoms with van der Waals surface area (Å²) < 4.78 is 59.3. The van der Waals surface area contributed by atoms with Gasteiger partial charge in [-0.2, -0.15) is 9.03 Å². The Morgan fingerprint density at radius 2 is 1.48 bits per heavy atom. The number of benzene rings is 2. The SMILES string of the molecule is COc1ccc(S(=O)(=O)N2CCN(C(=O)[C@H](C)NS(=O)(=O)c3ccccc3)CC2)cc1. The Morgan fingerprint density at radius 3 is 2.03 bits per heavy atom. The number of nitrogens with one attached hydrogen (secondary N) is 1. The van der Waals surface area contributed by atoms with Gasteiger partial charge in [-0.15, -0.1) is 0 Å². The summed E-state index contributed by atoms with van der Waals surface area (Å²) in [5.74, 6) is 0.155. The van der Waals surface area contributed by atoms with Crippen molar-refractivity contribution in [3.8, 4) is 5.75 Å². The average molecular weight is 468 g/mol. The molecule has 1 N–H and O–H groups in total. The summed E-state index contributed by atoms with van der Waals surface area (Å²) in [5, 5.41) is 0. The van der Waals surface area contributed by atoms with Gasteiger partial charge < -0.3 is 9.64 Å². The normalized spacial score (nSPS) is 16.6. The van der Waals surface area contributed by atoms with Gasteiger partial charge in [0.25, 0.3) is 0 Å². The van der Waals surface area contributed by atoms with E-state index in [2.05, 4.69) is 4.72 Å². The molecule has 1 saturated heterocycles.